The quantitative estimate of drug-likeness (QED) is 0.788. The molecule has 0 spiro atoms. The molecule has 0 aliphatic carbocycles. The Morgan fingerprint density at radius 2 is 2.08 bits per heavy atom. The number of fused-ring (bicyclic) bond motifs is 1. The molecule has 3 rings (SSSR count). The second-order valence-corrected chi connectivity index (χ2v) is 7.68. The molecule has 0 bridgehead atoms. The highest BCUT2D eigenvalue weighted by molar-refractivity contribution is 7.10. The van der Waals surface area contributed by atoms with Gasteiger partial charge in [0.15, 0.2) is 0 Å². The van der Waals surface area contributed by atoms with Gasteiger partial charge in [0.1, 0.15) is 5.82 Å². The smallest absolute Gasteiger partial charge is 0.237 e. The number of hydrogen-bond donors (Lipinski definition) is 0. The van der Waals surface area contributed by atoms with E-state index in [9.17, 15) is 9.18 Å². The van der Waals surface area contributed by atoms with Crippen LogP contribution in [0.3, 0.4) is 0 Å². The summed E-state index contributed by atoms with van der Waals surface area (Å²) >= 11 is 1.82. The average Bonchev–Trinajstić information content (AvgIpc) is 3.09. The Morgan fingerprint density at radius 3 is 2.76 bits per heavy atom. The van der Waals surface area contributed by atoms with Gasteiger partial charge in [0.25, 0.3) is 0 Å². The van der Waals surface area contributed by atoms with Crippen LogP contribution in [0.1, 0.15) is 48.4 Å². The third-order valence-corrected chi connectivity index (χ3v) is 6.25. The first-order valence-electron chi connectivity index (χ1n) is 8.82. The van der Waals surface area contributed by atoms with Gasteiger partial charge in [-0.15, -0.1) is 11.3 Å². The van der Waals surface area contributed by atoms with Crippen molar-refractivity contribution in [1.82, 2.24) is 9.80 Å². The number of likely N-dealkylation sites (N-methyl/N-ethyl adjacent to an activating group) is 1. The van der Waals surface area contributed by atoms with Crippen molar-refractivity contribution in [2.24, 2.45) is 0 Å². The Morgan fingerprint density at radius 1 is 1.36 bits per heavy atom. The van der Waals surface area contributed by atoms with E-state index < -0.39 is 0 Å². The van der Waals surface area contributed by atoms with E-state index in [1.165, 1.54) is 22.6 Å². The van der Waals surface area contributed by atoms with E-state index in [4.69, 9.17) is 0 Å². The molecule has 2 aromatic rings. The third kappa shape index (κ3) is 3.77. The summed E-state index contributed by atoms with van der Waals surface area (Å²) in [5.74, 6) is -0.149. The van der Waals surface area contributed by atoms with Crippen molar-refractivity contribution in [1.29, 1.82) is 0 Å². The maximum absolute atomic E-state index is 13.1. The summed E-state index contributed by atoms with van der Waals surface area (Å²) < 4.78 is 13.1. The first-order chi connectivity index (χ1) is 12.0. The van der Waals surface area contributed by atoms with Crippen LogP contribution >= 0.6 is 11.3 Å². The molecule has 3 nitrogen and oxygen atoms in total. The van der Waals surface area contributed by atoms with Crippen LogP contribution in [-0.4, -0.2) is 35.8 Å². The van der Waals surface area contributed by atoms with E-state index in [2.05, 4.69) is 23.3 Å². The predicted octanol–water partition coefficient (Wildman–Crippen LogP) is 4.42. The van der Waals surface area contributed by atoms with Crippen LogP contribution in [0.2, 0.25) is 0 Å². The molecule has 0 N–H and O–H groups in total. The van der Waals surface area contributed by atoms with Crippen LogP contribution in [0, 0.1) is 5.82 Å². The maximum atomic E-state index is 13.1. The van der Waals surface area contributed by atoms with Crippen LogP contribution < -0.4 is 0 Å². The lowest BCUT2D eigenvalue weighted by molar-refractivity contribution is -0.133. The minimum atomic E-state index is -0.254. The molecule has 2 atom stereocenters. The normalized spacial score (nSPS) is 18.6. The summed E-state index contributed by atoms with van der Waals surface area (Å²) in [6, 6.07) is 8.84. The monoisotopic (exact) mass is 360 g/mol. The van der Waals surface area contributed by atoms with Crippen LogP contribution in [-0.2, 0) is 11.2 Å². The Bertz CT molecular complexity index is 728. The Hall–Kier alpha value is -1.72. The van der Waals surface area contributed by atoms with Gasteiger partial charge >= 0.3 is 0 Å². The summed E-state index contributed by atoms with van der Waals surface area (Å²) in [7, 11) is 1.83. The van der Waals surface area contributed by atoms with Gasteiger partial charge in [-0.05, 0) is 54.5 Å². The molecule has 25 heavy (non-hydrogen) atoms. The summed E-state index contributed by atoms with van der Waals surface area (Å²) in [4.78, 5) is 18.3. The molecule has 134 valence electrons. The fourth-order valence-corrected chi connectivity index (χ4v) is 4.51. The minimum Gasteiger partial charge on any atom is -0.338 e. The van der Waals surface area contributed by atoms with E-state index >= 15 is 0 Å². The fourth-order valence-electron chi connectivity index (χ4n) is 3.58. The lowest BCUT2D eigenvalue weighted by Gasteiger charge is -2.36. The van der Waals surface area contributed by atoms with Crippen molar-refractivity contribution >= 4 is 17.2 Å². The number of nitrogens with zero attached hydrogens (tertiary/aromatic N) is 2. The van der Waals surface area contributed by atoms with Gasteiger partial charge in [-0.1, -0.05) is 19.1 Å². The molecular formula is C20H25FN2OS. The Kier molecular flexibility index (Phi) is 5.54. The molecule has 1 amide bonds. The standard InChI is InChI=1S/C20H25FN2OS/c1-4-18-17-10-12-25-19(17)9-11-23(18)13-20(24)22(3)14(2)15-5-7-16(21)8-6-15/h5-8,10,12,14,18H,4,9,11,13H2,1-3H3/t14-,18-/m0/s1. The lowest BCUT2D eigenvalue weighted by Crippen LogP contribution is -2.43. The topological polar surface area (TPSA) is 23.6 Å². The number of hydrogen-bond acceptors (Lipinski definition) is 3. The van der Waals surface area contributed by atoms with E-state index in [-0.39, 0.29) is 17.8 Å². The molecular weight excluding hydrogens is 335 g/mol. The SMILES string of the molecule is CC[C@H]1c2ccsc2CCN1CC(=O)N(C)[C@@H](C)c1ccc(F)cc1. The highest BCUT2D eigenvalue weighted by atomic mass is 32.1. The molecule has 2 heterocycles. The number of halogens is 1. The van der Waals surface area contributed by atoms with E-state index in [0.29, 0.717) is 12.6 Å². The number of amides is 1. The Labute approximate surface area is 153 Å². The van der Waals surface area contributed by atoms with Gasteiger partial charge in [-0.2, -0.15) is 0 Å². The zero-order chi connectivity index (χ0) is 18.0. The minimum absolute atomic E-state index is 0.0744. The number of thiophene rings is 1. The lowest BCUT2D eigenvalue weighted by atomic mass is 9.98. The number of carbonyl (C=O) groups excluding carboxylic acids is 1. The van der Waals surface area contributed by atoms with Crippen LogP contribution in [0.25, 0.3) is 0 Å². The molecule has 0 unspecified atom stereocenters. The van der Waals surface area contributed by atoms with Crippen LogP contribution in [0.4, 0.5) is 4.39 Å². The molecule has 0 saturated heterocycles. The van der Waals surface area contributed by atoms with Gasteiger partial charge in [-0.3, -0.25) is 9.69 Å². The summed E-state index contributed by atoms with van der Waals surface area (Å²) in [6.07, 6.45) is 2.03. The van der Waals surface area contributed by atoms with Gasteiger partial charge in [0.2, 0.25) is 5.91 Å². The number of carbonyl (C=O) groups is 1. The molecule has 1 aliphatic rings. The first kappa shape index (κ1) is 18.1. The van der Waals surface area contributed by atoms with Crippen molar-refractivity contribution in [3.63, 3.8) is 0 Å². The van der Waals surface area contributed by atoms with Crippen LogP contribution in [0.5, 0.6) is 0 Å². The second-order valence-electron chi connectivity index (χ2n) is 6.68. The molecule has 1 aromatic carbocycles. The highest BCUT2D eigenvalue weighted by Gasteiger charge is 2.29. The largest absolute Gasteiger partial charge is 0.338 e. The highest BCUT2D eigenvalue weighted by Crippen LogP contribution is 2.35. The molecule has 5 heteroatoms. The number of rotatable bonds is 5. The maximum Gasteiger partial charge on any atom is 0.237 e. The van der Waals surface area contributed by atoms with Crippen molar-refractivity contribution in [3.8, 4) is 0 Å². The van der Waals surface area contributed by atoms with E-state index in [1.807, 2.05) is 25.3 Å². The first-order valence-corrected chi connectivity index (χ1v) is 9.70. The van der Waals surface area contributed by atoms with Crippen molar-refractivity contribution < 1.29 is 9.18 Å². The fraction of sp³-hybridized carbons (Fsp3) is 0.450. The van der Waals surface area contributed by atoms with Crippen molar-refractivity contribution in [3.05, 3.63) is 57.5 Å². The van der Waals surface area contributed by atoms with Gasteiger partial charge in [0.05, 0.1) is 12.6 Å². The molecule has 1 aliphatic heterocycles. The molecule has 0 fully saturated rings. The number of benzene rings is 1. The zero-order valence-electron chi connectivity index (χ0n) is 15.0. The second kappa shape index (κ2) is 7.67. The van der Waals surface area contributed by atoms with Crippen molar-refractivity contribution in [2.45, 2.75) is 38.8 Å². The predicted molar refractivity (Wildman–Crippen MR) is 100 cm³/mol. The Balaban J connectivity index is 1.68. The summed E-state index contributed by atoms with van der Waals surface area (Å²) in [5, 5.41) is 2.15. The van der Waals surface area contributed by atoms with E-state index in [1.54, 1.807) is 17.0 Å². The molecule has 0 radical (unpaired) electrons. The van der Waals surface area contributed by atoms with Gasteiger partial charge < -0.3 is 4.90 Å². The zero-order valence-corrected chi connectivity index (χ0v) is 15.9. The molecule has 1 aromatic heterocycles. The van der Waals surface area contributed by atoms with E-state index in [0.717, 1.165) is 24.9 Å². The van der Waals surface area contributed by atoms with Crippen LogP contribution in [0.15, 0.2) is 35.7 Å². The van der Waals surface area contributed by atoms with Gasteiger partial charge in [0, 0.05) is 24.5 Å². The average molecular weight is 360 g/mol. The van der Waals surface area contributed by atoms with Crippen molar-refractivity contribution in [2.75, 3.05) is 20.1 Å². The summed E-state index contributed by atoms with van der Waals surface area (Å²) in [6.45, 7) is 5.52. The summed E-state index contributed by atoms with van der Waals surface area (Å²) in [5.41, 5.74) is 2.34. The van der Waals surface area contributed by atoms with Gasteiger partial charge in [-0.25, -0.2) is 4.39 Å². The third-order valence-electron chi connectivity index (χ3n) is 5.26. The molecule has 0 saturated carbocycles.